The van der Waals surface area contributed by atoms with Gasteiger partial charge in [-0.3, -0.25) is 4.99 Å². The molecule has 0 amide bonds. The Morgan fingerprint density at radius 1 is 1.41 bits per heavy atom. The van der Waals surface area contributed by atoms with Crippen molar-refractivity contribution in [2.75, 3.05) is 0 Å². The number of dihydropyridines is 1. The SMILES string of the molecule is C/C=C\C=C(/O)C1=CC2NC(CCC3CCCC3)=NC2N=C1. The first-order valence-corrected chi connectivity index (χ1v) is 8.37. The molecule has 3 rings (SSSR count). The van der Waals surface area contributed by atoms with Crippen LogP contribution in [0.15, 0.2) is 45.6 Å². The molecule has 0 aromatic heterocycles. The van der Waals surface area contributed by atoms with Gasteiger partial charge < -0.3 is 10.4 Å². The molecule has 0 aromatic carbocycles. The lowest BCUT2D eigenvalue weighted by atomic mass is 10.0. The normalized spacial score (nSPS) is 28.7. The molecule has 1 fully saturated rings. The smallest absolute Gasteiger partial charge is 0.165 e. The lowest BCUT2D eigenvalue weighted by molar-refractivity contribution is 0.426. The van der Waals surface area contributed by atoms with Crippen molar-refractivity contribution >= 4 is 12.1 Å². The van der Waals surface area contributed by atoms with Gasteiger partial charge in [0.15, 0.2) is 6.17 Å². The van der Waals surface area contributed by atoms with Crippen LogP contribution in [0.1, 0.15) is 45.4 Å². The van der Waals surface area contributed by atoms with Crippen LogP contribution in [-0.2, 0) is 0 Å². The summed E-state index contributed by atoms with van der Waals surface area (Å²) >= 11 is 0. The summed E-state index contributed by atoms with van der Waals surface area (Å²) in [5.41, 5.74) is 0.763. The number of fused-ring (bicyclic) bond motifs is 1. The van der Waals surface area contributed by atoms with E-state index in [1.54, 1.807) is 12.3 Å². The number of rotatable bonds is 5. The molecule has 2 N–H and O–H groups in total. The first kappa shape index (κ1) is 15.1. The Balaban J connectivity index is 1.57. The van der Waals surface area contributed by atoms with Crippen LogP contribution in [0.3, 0.4) is 0 Å². The highest BCUT2D eigenvalue weighted by Gasteiger charge is 2.29. The van der Waals surface area contributed by atoms with Gasteiger partial charge in [0.2, 0.25) is 0 Å². The first-order valence-electron chi connectivity index (χ1n) is 8.37. The van der Waals surface area contributed by atoms with Gasteiger partial charge >= 0.3 is 0 Å². The van der Waals surface area contributed by atoms with Crippen molar-refractivity contribution in [1.82, 2.24) is 5.32 Å². The molecule has 3 aliphatic rings. The van der Waals surface area contributed by atoms with E-state index in [2.05, 4.69) is 15.3 Å². The van der Waals surface area contributed by atoms with E-state index < -0.39 is 0 Å². The molecule has 2 atom stereocenters. The van der Waals surface area contributed by atoms with Gasteiger partial charge in [-0.15, -0.1) is 0 Å². The second kappa shape index (κ2) is 6.95. The van der Waals surface area contributed by atoms with Crippen molar-refractivity contribution in [3.8, 4) is 0 Å². The summed E-state index contributed by atoms with van der Waals surface area (Å²) in [7, 11) is 0. The third kappa shape index (κ3) is 3.49. The van der Waals surface area contributed by atoms with Crippen LogP contribution >= 0.6 is 0 Å². The van der Waals surface area contributed by atoms with Gasteiger partial charge in [-0.2, -0.15) is 0 Å². The van der Waals surface area contributed by atoms with E-state index in [1.165, 1.54) is 32.1 Å². The van der Waals surface area contributed by atoms with E-state index in [4.69, 9.17) is 0 Å². The molecule has 22 heavy (non-hydrogen) atoms. The first-order chi connectivity index (χ1) is 10.8. The average Bonchev–Trinajstić information content (AvgIpc) is 3.18. The molecule has 0 aromatic rings. The van der Waals surface area contributed by atoms with E-state index >= 15 is 0 Å². The summed E-state index contributed by atoms with van der Waals surface area (Å²) in [6.07, 6.45) is 16.9. The number of nitrogens with zero attached hydrogens (tertiary/aromatic N) is 2. The summed E-state index contributed by atoms with van der Waals surface area (Å²) in [4.78, 5) is 9.14. The Labute approximate surface area is 132 Å². The summed E-state index contributed by atoms with van der Waals surface area (Å²) in [6.45, 7) is 1.92. The highest BCUT2D eigenvalue weighted by Crippen LogP contribution is 2.29. The molecule has 2 unspecified atom stereocenters. The van der Waals surface area contributed by atoms with E-state index in [9.17, 15) is 5.11 Å². The molecule has 0 spiro atoms. The number of amidine groups is 1. The monoisotopic (exact) mass is 299 g/mol. The number of hydrogen-bond acceptors (Lipinski definition) is 4. The molecule has 4 nitrogen and oxygen atoms in total. The summed E-state index contributed by atoms with van der Waals surface area (Å²) < 4.78 is 0. The number of aliphatic hydroxyl groups excluding tert-OH is 1. The Morgan fingerprint density at radius 3 is 3.00 bits per heavy atom. The number of aliphatic imine (C=N–C) groups is 2. The van der Waals surface area contributed by atoms with Gasteiger partial charge in [-0.1, -0.05) is 37.8 Å². The van der Waals surface area contributed by atoms with Crippen molar-refractivity contribution < 1.29 is 5.11 Å². The van der Waals surface area contributed by atoms with Gasteiger partial charge in [0.25, 0.3) is 0 Å². The van der Waals surface area contributed by atoms with E-state index in [1.807, 2.05) is 25.2 Å². The second-order valence-corrected chi connectivity index (χ2v) is 6.33. The van der Waals surface area contributed by atoms with Gasteiger partial charge in [0, 0.05) is 18.2 Å². The molecular weight excluding hydrogens is 274 g/mol. The maximum atomic E-state index is 10.0. The van der Waals surface area contributed by atoms with Gasteiger partial charge in [0.05, 0.1) is 11.9 Å². The lowest BCUT2D eigenvalue weighted by Gasteiger charge is -2.17. The fourth-order valence-corrected chi connectivity index (χ4v) is 3.40. The zero-order valence-corrected chi connectivity index (χ0v) is 13.2. The van der Waals surface area contributed by atoms with Crippen molar-refractivity contribution in [1.29, 1.82) is 0 Å². The highest BCUT2D eigenvalue weighted by molar-refractivity contribution is 5.89. The van der Waals surface area contributed by atoms with E-state index in [0.29, 0.717) is 0 Å². The third-order valence-corrected chi connectivity index (χ3v) is 4.67. The van der Waals surface area contributed by atoms with Gasteiger partial charge in [-0.05, 0) is 31.4 Å². The second-order valence-electron chi connectivity index (χ2n) is 6.33. The van der Waals surface area contributed by atoms with Crippen LogP contribution in [0.5, 0.6) is 0 Å². The highest BCUT2D eigenvalue weighted by atomic mass is 16.3. The molecule has 118 valence electrons. The van der Waals surface area contributed by atoms with Gasteiger partial charge in [-0.25, -0.2) is 4.99 Å². The fraction of sp³-hybridized carbons (Fsp3) is 0.556. The molecule has 0 saturated heterocycles. The number of nitrogens with one attached hydrogen (secondary N) is 1. The Hall–Kier alpha value is -1.84. The largest absolute Gasteiger partial charge is 0.507 e. The quantitative estimate of drug-likeness (QED) is 0.601. The van der Waals surface area contributed by atoms with E-state index in [0.717, 1.165) is 23.7 Å². The Bertz CT molecular complexity index is 551. The zero-order valence-electron chi connectivity index (χ0n) is 13.2. The van der Waals surface area contributed by atoms with Crippen LogP contribution in [0, 0.1) is 5.92 Å². The summed E-state index contributed by atoms with van der Waals surface area (Å²) in [6, 6.07) is 0.0831. The van der Waals surface area contributed by atoms with Crippen LogP contribution in [-0.4, -0.2) is 29.4 Å². The molecule has 1 saturated carbocycles. The van der Waals surface area contributed by atoms with E-state index in [-0.39, 0.29) is 18.0 Å². The maximum Gasteiger partial charge on any atom is 0.165 e. The molecule has 2 heterocycles. The molecule has 4 heteroatoms. The topological polar surface area (TPSA) is 57.0 Å². The number of hydrogen-bond donors (Lipinski definition) is 2. The van der Waals surface area contributed by atoms with Gasteiger partial charge in [0.1, 0.15) is 5.76 Å². The summed E-state index contributed by atoms with van der Waals surface area (Å²) in [5, 5.41) is 13.5. The van der Waals surface area contributed by atoms with Crippen molar-refractivity contribution in [2.45, 2.75) is 57.7 Å². The molecule has 0 radical (unpaired) electrons. The standard InChI is InChI=1S/C18H25N3O/c1-2-3-8-16(22)14-11-15-18(19-12-14)21-17(20-15)10-9-13-6-4-5-7-13/h2-3,8,11-13,15,18,22H,4-7,9-10H2,1H3,(H,20,21)/b3-2-,16-8-. The Morgan fingerprint density at radius 2 is 2.23 bits per heavy atom. The fourth-order valence-electron chi connectivity index (χ4n) is 3.40. The van der Waals surface area contributed by atoms with Crippen molar-refractivity contribution in [3.63, 3.8) is 0 Å². The van der Waals surface area contributed by atoms with Crippen LogP contribution in [0.25, 0.3) is 0 Å². The number of allylic oxidation sites excluding steroid dienone is 4. The van der Waals surface area contributed by atoms with Crippen molar-refractivity contribution in [2.24, 2.45) is 15.9 Å². The zero-order chi connectivity index (χ0) is 15.4. The minimum Gasteiger partial charge on any atom is -0.507 e. The summed E-state index contributed by atoms with van der Waals surface area (Å²) in [5.74, 6) is 2.21. The van der Waals surface area contributed by atoms with Crippen LogP contribution in [0.4, 0.5) is 0 Å². The molecule has 1 aliphatic carbocycles. The minimum absolute atomic E-state index is 0.0585. The molecule has 2 aliphatic heterocycles. The van der Waals surface area contributed by atoms with Crippen LogP contribution < -0.4 is 5.32 Å². The molecular formula is C18H25N3O. The van der Waals surface area contributed by atoms with Crippen LogP contribution in [0.2, 0.25) is 0 Å². The Kier molecular flexibility index (Phi) is 4.76. The number of aliphatic hydroxyl groups is 1. The lowest BCUT2D eigenvalue weighted by Crippen LogP contribution is -2.34. The third-order valence-electron chi connectivity index (χ3n) is 4.67. The minimum atomic E-state index is -0.0585. The predicted octanol–water partition coefficient (Wildman–Crippen LogP) is 3.68. The van der Waals surface area contributed by atoms with Crippen molar-refractivity contribution in [3.05, 3.63) is 35.6 Å². The molecule has 0 bridgehead atoms. The average molecular weight is 299 g/mol. The predicted molar refractivity (Wildman–Crippen MR) is 91.4 cm³/mol. The maximum absolute atomic E-state index is 10.0.